The summed E-state index contributed by atoms with van der Waals surface area (Å²) >= 11 is 17.6. The molecule has 2 aromatic rings. The molecule has 0 amide bonds. The summed E-state index contributed by atoms with van der Waals surface area (Å²) in [5.74, 6) is -1.74. The Bertz CT molecular complexity index is 740. The Morgan fingerprint density at radius 1 is 1.09 bits per heavy atom. The predicted octanol–water partition coefficient (Wildman–Crippen LogP) is 5.43. The van der Waals surface area contributed by atoms with E-state index in [1.807, 2.05) is 0 Å². The number of alkyl halides is 3. The molecule has 0 saturated carbocycles. The van der Waals surface area contributed by atoms with Crippen molar-refractivity contribution in [3.8, 4) is 11.3 Å². The number of carboxylic acids is 1. The molecule has 2 rings (SSSR count). The van der Waals surface area contributed by atoms with E-state index in [-0.39, 0.29) is 26.3 Å². The zero-order chi connectivity index (χ0) is 16.7. The van der Waals surface area contributed by atoms with E-state index in [0.717, 1.165) is 6.07 Å². The first-order valence-corrected chi connectivity index (χ1v) is 6.70. The van der Waals surface area contributed by atoms with Crippen LogP contribution in [0.15, 0.2) is 24.4 Å². The van der Waals surface area contributed by atoms with Crippen molar-refractivity contribution in [3.05, 3.63) is 50.6 Å². The summed E-state index contributed by atoms with van der Waals surface area (Å²) in [4.78, 5) is 14.7. The SMILES string of the molecule is O=C(O)c1cc(-c2c(Cl)cc(Cl)cc2Cl)ncc1C(F)(F)F. The van der Waals surface area contributed by atoms with E-state index in [1.165, 1.54) is 12.1 Å². The van der Waals surface area contributed by atoms with E-state index in [4.69, 9.17) is 39.9 Å². The average Bonchev–Trinajstić information content (AvgIpc) is 2.35. The Balaban J connectivity index is 2.70. The number of aromatic nitrogens is 1. The van der Waals surface area contributed by atoms with E-state index in [0.29, 0.717) is 6.20 Å². The fraction of sp³-hybridized carbons (Fsp3) is 0.0769. The second-order valence-corrected chi connectivity index (χ2v) is 5.41. The van der Waals surface area contributed by atoms with Crippen LogP contribution in [-0.2, 0) is 6.18 Å². The van der Waals surface area contributed by atoms with E-state index < -0.39 is 23.3 Å². The molecule has 0 spiro atoms. The summed E-state index contributed by atoms with van der Waals surface area (Å²) < 4.78 is 38.3. The van der Waals surface area contributed by atoms with Crippen LogP contribution in [0, 0.1) is 0 Å². The molecule has 0 radical (unpaired) electrons. The second-order valence-electron chi connectivity index (χ2n) is 4.16. The van der Waals surface area contributed by atoms with Gasteiger partial charge in [-0.05, 0) is 18.2 Å². The van der Waals surface area contributed by atoms with Gasteiger partial charge in [-0.25, -0.2) is 4.79 Å². The molecule has 1 aromatic carbocycles. The maximum Gasteiger partial charge on any atom is 0.418 e. The van der Waals surface area contributed by atoms with Gasteiger partial charge in [0.25, 0.3) is 0 Å². The number of benzene rings is 1. The monoisotopic (exact) mass is 369 g/mol. The van der Waals surface area contributed by atoms with Gasteiger partial charge in [0.05, 0.1) is 26.9 Å². The average molecular weight is 371 g/mol. The Labute approximate surface area is 137 Å². The minimum atomic E-state index is -4.84. The first-order chi connectivity index (χ1) is 10.1. The highest BCUT2D eigenvalue weighted by Crippen LogP contribution is 2.38. The van der Waals surface area contributed by atoms with Gasteiger partial charge >= 0.3 is 12.1 Å². The molecule has 3 nitrogen and oxygen atoms in total. The Kier molecular flexibility index (Phi) is 4.56. The fourth-order valence-electron chi connectivity index (χ4n) is 1.78. The van der Waals surface area contributed by atoms with Crippen molar-refractivity contribution in [2.75, 3.05) is 0 Å². The van der Waals surface area contributed by atoms with Crippen LogP contribution >= 0.6 is 34.8 Å². The van der Waals surface area contributed by atoms with Crippen molar-refractivity contribution in [3.63, 3.8) is 0 Å². The molecular formula is C13H5Cl3F3NO2. The van der Waals surface area contributed by atoms with Crippen molar-refractivity contribution in [1.82, 2.24) is 4.98 Å². The molecule has 116 valence electrons. The van der Waals surface area contributed by atoms with Crippen molar-refractivity contribution < 1.29 is 23.1 Å². The van der Waals surface area contributed by atoms with Crippen molar-refractivity contribution in [1.29, 1.82) is 0 Å². The lowest BCUT2D eigenvalue weighted by molar-refractivity contribution is -0.138. The summed E-state index contributed by atoms with van der Waals surface area (Å²) in [6.07, 6.45) is -4.41. The number of halogens is 6. The molecule has 0 aliphatic carbocycles. The summed E-state index contributed by atoms with van der Waals surface area (Å²) in [6.45, 7) is 0. The zero-order valence-electron chi connectivity index (χ0n) is 10.4. The lowest BCUT2D eigenvalue weighted by Gasteiger charge is -2.12. The van der Waals surface area contributed by atoms with Gasteiger partial charge in [0, 0.05) is 16.8 Å². The fourth-order valence-corrected chi connectivity index (χ4v) is 2.79. The first kappa shape index (κ1) is 16.9. The molecule has 0 unspecified atom stereocenters. The molecule has 22 heavy (non-hydrogen) atoms. The minimum Gasteiger partial charge on any atom is -0.478 e. The number of carbonyl (C=O) groups is 1. The lowest BCUT2D eigenvalue weighted by atomic mass is 10.0. The van der Waals surface area contributed by atoms with Gasteiger partial charge in [0.1, 0.15) is 0 Å². The molecule has 0 aliphatic rings. The first-order valence-electron chi connectivity index (χ1n) is 5.56. The summed E-state index contributed by atoms with van der Waals surface area (Å²) in [5.41, 5.74) is -2.30. The molecule has 0 fully saturated rings. The van der Waals surface area contributed by atoms with Crippen molar-refractivity contribution in [2.24, 2.45) is 0 Å². The van der Waals surface area contributed by atoms with Crippen LogP contribution in [0.5, 0.6) is 0 Å². The lowest BCUT2D eigenvalue weighted by Crippen LogP contribution is -2.13. The summed E-state index contributed by atoms with van der Waals surface area (Å²) in [5, 5.41) is 9.28. The molecular weight excluding hydrogens is 366 g/mol. The van der Waals surface area contributed by atoms with Crippen LogP contribution in [0.1, 0.15) is 15.9 Å². The van der Waals surface area contributed by atoms with Gasteiger partial charge in [-0.3, -0.25) is 4.98 Å². The normalized spacial score (nSPS) is 11.5. The van der Waals surface area contributed by atoms with E-state index in [1.54, 1.807) is 0 Å². The third-order valence-corrected chi connectivity index (χ3v) is 3.52. The maximum absolute atomic E-state index is 12.8. The molecule has 0 atom stereocenters. The van der Waals surface area contributed by atoms with Gasteiger partial charge < -0.3 is 5.11 Å². The minimum absolute atomic E-state index is 0.0427. The zero-order valence-corrected chi connectivity index (χ0v) is 12.6. The number of hydrogen-bond donors (Lipinski definition) is 1. The smallest absolute Gasteiger partial charge is 0.418 e. The Morgan fingerprint density at radius 2 is 1.64 bits per heavy atom. The Hall–Kier alpha value is -1.50. The molecule has 1 aromatic heterocycles. The highest BCUT2D eigenvalue weighted by atomic mass is 35.5. The number of carboxylic acid groups (broad SMARTS) is 1. The van der Waals surface area contributed by atoms with Crippen LogP contribution in [0.3, 0.4) is 0 Å². The van der Waals surface area contributed by atoms with Crippen LogP contribution in [-0.4, -0.2) is 16.1 Å². The van der Waals surface area contributed by atoms with Gasteiger partial charge in [0.15, 0.2) is 0 Å². The van der Waals surface area contributed by atoms with E-state index in [9.17, 15) is 18.0 Å². The van der Waals surface area contributed by atoms with Gasteiger partial charge in [-0.15, -0.1) is 0 Å². The van der Waals surface area contributed by atoms with Crippen LogP contribution < -0.4 is 0 Å². The third-order valence-electron chi connectivity index (χ3n) is 2.70. The molecule has 0 saturated heterocycles. The molecule has 1 heterocycles. The quantitative estimate of drug-likeness (QED) is 0.767. The summed E-state index contributed by atoms with van der Waals surface area (Å²) in [6, 6.07) is 3.42. The third kappa shape index (κ3) is 3.29. The van der Waals surface area contributed by atoms with E-state index in [2.05, 4.69) is 4.98 Å². The number of aromatic carboxylic acids is 1. The number of rotatable bonds is 2. The second kappa shape index (κ2) is 5.95. The number of nitrogens with zero attached hydrogens (tertiary/aromatic N) is 1. The highest BCUT2D eigenvalue weighted by Gasteiger charge is 2.36. The largest absolute Gasteiger partial charge is 0.478 e. The number of hydrogen-bond acceptors (Lipinski definition) is 2. The Morgan fingerprint density at radius 3 is 2.09 bits per heavy atom. The van der Waals surface area contributed by atoms with Crippen molar-refractivity contribution in [2.45, 2.75) is 6.18 Å². The maximum atomic E-state index is 12.8. The summed E-state index contributed by atoms with van der Waals surface area (Å²) in [7, 11) is 0. The van der Waals surface area contributed by atoms with Crippen LogP contribution in [0.25, 0.3) is 11.3 Å². The van der Waals surface area contributed by atoms with Crippen molar-refractivity contribution >= 4 is 40.8 Å². The topological polar surface area (TPSA) is 50.2 Å². The molecule has 1 N–H and O–H groups in total. The predicted molar refractivity (Wildman–Crippen MR) is 76.7 cm³/mol. The molecule has 0 aliphatic heterocycles. The molecule has 0 bridgehead atoms. The van der Waals surface area contributed by atoms with Gasteiger partial charge in [-0.1, -0.05) is 34.8 Å². The highest BCUT2D eigenvalue weighted by molar-refractivity contribution is 6.41. The van der Waals surface area contributed by atoms with Crippen LogP contribution in [0.2, 0.25) is 15.1 Å². The number of pyridine rings is 1. The van der Waals surface area contributed by atoms with Gasteiger partial charge in [-0.2, -0.15) is 13.2 Å². The molecule has 9 heteroatoms. The van der Waals surface area contributed by atoms with E-state index >= 15 is 0 Å². The van der Waals surface area contributed by atoms with Crippen LogP contribution in [0.4, 0.5) is 13.2 Å². The van der Waals surface area contributed by atoms with Gasteiger partial charge in [0.2, 0.25) is 0 Å². The standard InChI is InChI=1S/C13H5Cl3F3NO2/c14-5-1-8(15)11(9(16)2-5)10-3-6(12(21)22)7(4-20-10)13(17,18)19/h1-4H,(H,21,22).